The Bertz CT molecular complexity index is 1510. The molecule has 3 aromatic heterocycles. The number of aromatic nitrogens is 3. The predicted octanol–water partition coefficient (Wildman–Crippen LogP) is 3.17. The van der Waals surface area contributed by atoms with Gasteiger partial charge in [0, 0.05) is 29.7 Å². The van der Waals surface area contributed by atoms with Crippen molar-refractivity contribution in [1.82, 2.24) is 15.0 Å². The third kappa shape index (κ3) is 2.10. The van der Waals surface area contributed by atoms with Crippen LogP contribution in [-0.2, 0) is 19.7 Å². The molecule has 6 rings (SSSR count). The standard InChI is InChI=1S/C21H11N3O4S2/c25-29(26)15-3-1-7-22-19(15)14-6-5-12(9-17(14)29)13-10-18-21(24-11-13)20-16(30(18,27)28)4-2-8-23-20/h1-11H. The highest BCUT2D eigenvalue weighted by atomic mass is 32.2. The van der Waals surface area contributed by atoms with Crippen molar-refractivity contribution >= 4 is 19.7 Å². The summed E-state index contributed by atoms with van der Waals surface area (Å²) in [5, 5.41) is 0. The summed E-state index contributed by atoms with van der Waals surface area (Å²) in [6.07, 6.45) is 4.61. The van der Waals surface area contributed by atoms with E-state index in [1.165, 1.54) is 30.6 Å². The predicted molar refractivity (Wildman–Crippen MR) is 107 cm³/mol. The van der Waals surface area contributed by atoms with Crippen LogP contribution in [-0.4, -0.2) is 31.8 Å². The number of rotatable bonds is 1. The molecule has 2 aliphatic heterocycles. The van der Waals surface area contributed by atoms with E-state index in [1.54, 1.807) is 36.5 Å². The molecule has 146 valence electrons. The summed E-state index contributed by atoms with van der Waals surface area (Å²) in [5.41, 5.74) is 2.66. The van der Waals surface area contributed by atoms with E-state index in [1.807, 2.05) is 0 Å². The van der Waals surface area contributed by atoms with Gasteiger partial charge in [-0.15, -0.1) is 0 Å². The van der Waals surface area contributed by atoms with Crippen molar-refractivity contribution in [3.8, 4) is 33.8 Å². The van der Waals surface area contributed by atoms with Gasteiger partial charge in [-0.3, -0.25) is 15.0 Å². The maximum Gasteiger partial charge on any atom is 0.211 e. The first-order chi connectivity index (χ1) is 14.4. The molecule has 2 aliphatic rings. The van der Waals surface area contributed by atoms with Crippen molar-refractivity contribution in [1.29, 1.82) is 0 Å². The largest absolute Gasteiger partial charge is 0.255 e. The second-order valence-electron chi connectivity index (χ2n) is 6.99. The van der Waals surface area contributed by atoms with Crippen molar-refractivity contribution < 1.29 is 16.8 Å². The molecular weight excluding hydrogens is 422 g/mol. The van der Waals surface area contributed by atoms with Crippen molar-refractivity contribution in [3.05, 3.63) is 67.1 Å². The quantitative estimate of drug-likeness (QED) is 0.392. The Balaban J connectivity index is 1.54. The summed E-state index contributed by atoms with van der Waals surface area (Å²) < 4.78 is 51.7. The average molecular weight is 433 g/mol. The molecule has 7 nitrogen and oxygen atoms in total. The van der Waals surface area contributed by atoms with Crippen LogP contribution in [0.1, 0.15) is 0 Å². The fraction of sp³-hybridized carbons (Fsp3) is 0. The van der Waals surface area contributed by atoms with E-state index < -0.39 is 19.7 Å². The van der Waals surface area contributed by atoms with Crippen LogP contribution < -0.4 is 0 Å². The van der Waals surface area contributed by atoms with Gasteiger partial charge in [-0.1, -0.05) is 12.1 Å². The number of hydrogen-bond donors (Lipinski definition) is 0. The summed E-state index contributed by atoms with van der Waals surface area (Å²) in [5.74, 6) is 0. The first kappa shape index (κ1) is 17.4. The van der Waals surface area contributed by atoms with Crippen LogP contribution in [0.2, 0.25) is 0 Å². The second-order valence-corrected chi connectivity index (χ2v) is 10.8. The number of pyridine rings is 3. The molecule has 0 aliphatic carbocycles. The molecule has 0 radical (unpaired) electrons. The summed E-state index contributed by atoms with van der Waals surface area (Å²) in [6, 6.07) is 12.7. The second kappa shape index (κ2) is 5.59. The molecule has 0 unspecified atom stereocenters. The third-order valence-electron chi connectivity index (χ3n) is 5.35. The zero-order valence-electron chi connectivity index (χ0n) is 15.1. The molecule has 0 amide bonds. The third-order valence-corrected chi connectivity index (χ3v) is 8.97. The van der Waals surface area contributed by atoms with Crippen molar-refractivity contribution in [2.75, 3.05) is 0 Å². The Hall–Kier alpha value is -3.43. The van der Waals surface area contributed by atoms with E-state index in [0.29, 0.717) is 33.8 Å². The minimum Gasteiger partial charge on any atom is -0.255 e. The Morgan fingerprint density at radius 2 is 1.17 bits per heavy atom. The molecule has 0 atom stereocenters. The van der Waals surface area contributed by atoms with Gasteiger partial charge in [-0.05, 0) is 42.0 Å². The SMILES string of the molecule is O=S1(=O)c2cc(-c3cnc4c(c3)S(=O)(=O)c3cccnc3-4)ccc2-c2ncccc21. The van der Waals surface area contributed by atoms with Gasteiger partial charge in [0.05, 0.1) is 20.4 Å². The molecule has 5 heterocycles. The van der Waals surface area contributed by atoms with E-state index in [-0.39, 0.29) is 19.6 Å². The van der Waals surface area contributed by atoms with Crippen LogP contribution >= 0.6 is 0 Å². The summed E-state index contributed by atoms with van der Waals surface area (Å²) >= 11 is 0. The maximum atomic E-state index is 12.9. The van der Waals surface area contributed by atoms with E-state index in [9.17, 15) is 16.8 Å². The fourth-order valence-electron chi connectivity index (χ4n) is 3.94. The van der Waals surface area contributed by atoms with Crippen LogP contribution in [0.4, 0.5) is 0 Å². The lowest BCUT2D eigenvalue weighted by Gasteiger charge is -2.07. The molecule has 0 saturated heterocycles. The summed E-state index contributed by atoms with van der Waals surface area (Å²) in [4.78, 5) is 13.2. The molecule has 9 heteroatoms. The number of hydrogen-bond acceptors (Lipinski definition) is 7. The minimum atomic E-state index is -3.73. The molecule has 0 fully saturated rings. The molecule has 30 heavy (non-hydrogen) atoms. The molecular formula is C21H11N3O4S2. The zero-order valence-corrected chi connectivity index (χ0v) is 16.8. The highest BCUT2D eigenvalue weighted by Crippen LogP contribution is 2.45. The highest BCUT2D eigenvalue weighted by Gasteiger charge is 2.36. The first-order valence-corrected chi connectivity index (χ1v) is 11.9. The van der Waals surface area contributed by atoms with Crippen LogP contribution in [0.5, 0.6) is 0 Å². The fourth-order valence-corrected chi connectivity index (χ4v) is 7.17. The number of nitrogens with zero attached hydrogens (tertiary/aromatic N) is 3. The lowest BCUT2D eigenvalue weighted by atomic mass is 10.0. The minimum absolute atomic E-state index is 0.0713. The molecule has 1 aromatic carbocycles. The summed E-state index contributed by atoms with van der Waals surface area (Å²) in [7, 11) is -7.41. The number of benzene rings is 1. The first-order valence-electron chi connectivity index (χ1n) is 8.94. The van der Waals surface area contributed by atoms with Crippen molar-refractivity contribution in [2.24, 2.45) is 0 Å². The van der Waals surface area contributed by atoms with Gasteiger partial charge < -0.3 is 0 Å². The van der Waals surface area contributed by atoms with Gasteiger partial charge in [0.1, 0.15) is 16.3 Å². The van der Waals surface area contributed by atoms with Crippen LogP contribution in [0, 0.1) is 0 Å². The normalized spacial score (nSPS) is 16.4. The Morgan fingerprint density at radius 3 is 1.93 bits per heavy atom. The van der Waals surface area contributed by atoms with Crippen LogP contribution in [0.25, 0.3) is 33.8 Å². The Morgan fingerprint density at radius 1 is 0.567 bits per heavy atom. The van der Waals surface area contributed by atoms with Crippen molar-refractivity contribution in [2.45, 2.75) is 19.6 Å². The highest BCUT2D eigenvalue weighted by molar-refractivity contribution is 7.92. The smallest absolute Gasteiger partial charge is 0.211 e. The molecule has 4 aromatic rings. The van der Waals surface area contributed by atoms with Crippen molar-refractivity contribution in [3.63, 3.8) is 0 Å². The topological polar surface area (TPSA) is 107 Å². The Labute approximate surface area is 172 Å². The van der Waals surface area contributed by atoms with Gasteiger partial charge in [-0.25, -0.2) is 16.8 Å². The van der Waals surface area contributed by atoms with E-state index in [2.05, 4.69) is 15.0 Å². The monoisotopic (exact) mass is 433 g/mol. The van der Waals surface area contributed by atoms with Gasteiger partial charge in [0.2, 0.25) is 19.7 Å². The van der Waals surface area contributed by atoms with E-state index >= 15 is 0 Å². The molecule has 0 saturated carbocycles. The Kier molecular flexibility index (Phi) is 3.25. The van der Waals surface area contributed by atoms with Crippen LogP contribution in [0.3, 0.4) is 0 Å². The lowest BCUT2D eigenvalue weighted by molar-refractivity contribution is 0.596. The van der Waals surface area contributed by atoms with Gasteiger partial charge >= 0.3 is 0 Å². The lowest BCUT2D eigenvalue weighted by Crippen LogP contribution is -1.98. The zero-order chi connectivity index (χ0) is 20.7. The average Bonchev–Trinajstić information content (AvgIpc) is 3.14. The van der Waals surface area contributed by atoms with Crippen LogP contribution in [0.15, 0.2) is 86.7 Å². The van der Waals surface area contributed by atoms with E-state index in [4.69, 9.17) is 0 Å². The molecule has 0 N–H and O–H groups in total. The molecule has 0 spiro atoms. The van der Waals surface area contributed by atoms with Gasteiger partial charge in [0.15, 0.2) is 0 Å². The summed E-state index contributed by atoms with van der Waals surface area (Å²) in [6.45, 7) is 0. The maximum absolute atomic E-state index is 12.9. The van der Waals surface area contributed by atoms with Gasteiger partial charge in [-0.2, -0.15) is 0 Å². The van der Waals surface area contributed by atoms with Gasteiger partial charge in [0.25, 0.3) is 0 Å². The van der Waals surface area contributed by atoms with E-state index in [0.717, 1.165) is 0 Å². The number of fused-ring (bicyclic) bond motifs is 6. The number of sulfone groups is 2. The molecule has 0 bridgehead atoms.